The Morgan fingerprint density at radius 2 is 1.47 bits per heavy atom. The van der Waals surface area contributed by atoms with Gasteiger partial charge in [-0.15, -0.1) is 0 Å². The first-order chi connectivity index (χ1) is 14.1. The lowest BCUT2D eigenvalue weighted by molar-refractivity contribution is -0.193. The molecule has 0 aromatic heterocycles. The summed E-state index contributed by atoms with van der Waals surface area (Å²) >= 11 is 0. The van der Waals surface area contributed by atoms with Crippen molar-refractivity contribution in [3.63, 3.8) is 0 Å². The highest BCUT2D eigenvalue weighted by Gasteiger charge is 2.44. The van der Waals surface area contributed by atoms with Crippen molar-refractivity contribution in [3.8, 4) is 0 Å². The van der Waals surface area contributed by atoms with Gasteiger partial charge < -0.3 is 29.3 Å². The largest absolute Gasteiger partial charge is 0.459 e. The maximum absolute atomic E-state index is 12.3. The molecule has 0 aliphatic rings. The van der Waals surface area contributed by atoms with Gasteiger partial charge in [-0.25, -0.2) is 4.79 Å². The maximum Gasteiger partial charge on any atom is 0.339 e. The number of carbonyl (C=O) groups excluding carboxylic acids is 4. The van der Waals surface area contributed by atoms with E-state index in [1.165, 1.54) is 0 Å². The number of ether oxygens (including phenoxy) is 4. The predicted octanol–water partition coefficient (Wildman–Crippen LogP) is 0.346. The third-order valence-electron chi connectivity index (χ3n) is 3.54. The summed E-state index contributed by atoms with van der Waals surface area (Å²) in [5.74, 6) is -3.90. The fourth-order valence-electron chi connectivity index (χ4n) is 2.40. The lowest BCUT2D eigenvalue weighted by atomic mass is 10.0. The van der Waals surface area contributed by atoms with Crippen LogP contribution in [0, 0.1) is 0 Å². The fraction of sp³-hybridized carbons (Fsp3) is 0.421. The van der Waals surface area contributed by atoms with E-state index in [4.69, 9.17) is 24.2 Å². The maximum atomic E-state index is 12.3. The number of hydrogen-bond acceptors (Lipinski definition) is 11. The summed E-state index contributed by atoms with van der Waals surface area (Å²) in [5, 5.41) is 22.0. The summed E-state index contributed by atoms with van der Waals surface area (Å²) in [6.45, 7) is 2.82. The molecule has 4 atom stereocenters. The number of rotatable bonds is 10. The molecule has 0 heterocycles. The van der Waals surface area contributed by atoms with Crippen LogP contribution in [0.15, 0.2) is 35.5 Å². The second-order valence-corrected chi connectivity index (χ2v) is 6.02. The van der Waals surface area contributed by atoms with Gasteiger partial charge in [0.2, 0.25) is 0 Å². The van der Waals surface area contributed by atoms with E-state index in [9.17, 15) is 24.3 Å². The lowest BCUT2D eigenvalue weighted by Gasteiger charge is -2.31. The van der Waals surface area contributed by atoms with Gasteiger partial charge in [0.1, 0.15) is 6.61 Å². The van der Waals surface area contributed by atoms with Crippen LogP contribution in [0.3, 0.4) is 0 Å². The van der Waals surface area contributed by atoms with Gasteiger partial charge in [0.05, 0.1) is 6.21 Å². The number of benzene rings is 1. The molecule has 1 aromatic carbocycles. The molecule has 0 fully saturated rings. The zero-order chi connectivity index (χ0) is 22.7. The van der Waals surface area contributed by atoms with E-state index in [2.05, 4.69) is 5.16 Å². The molecule has 2 N–H and O–H groups in total. The van der Waals surface area contributed by atoms with Crippen molar-refractivity contribution in [2.24, 2.45) is 5.16 Å². The molecule has 164 valence electrons. The van der Waals surface area contributed by atoms with E-state index >= 15 is 0 Å². The van der Waals surface area contributed by atoms with Gasteiger partial charge >= 0.3 is 23.9 Å². The summed E-state index contributed by atoms with van der Waals surface area (Å²) in [7, 11) is 0. The molecule has 1 aromatic rings. The molecule has 0 spiro atoms. The highest BCUT2D eigenvalue weighted by atomic mass is 16.6. The van der Waals surface area contributed by atoms with Gasteiger partial charge in [0.15, 0.2) is 24.4 Å². The summed E-state index contributed by atoms with van der Waals surface area (Å²) in [5.41, 5.74) is 0.629. The Kier molecular flexibility index (Phi) is 9.97. The Bertz CT molecular complexity index is 764. The van der Waals surface area contributed by atoms with Crippen LogP contribution in [-0.4, -0.2) is 64.8 Å². The zero-order valence-electron chi connectivity index (χ0n) is 16.6. The highest BCUT2D eigenvalue weighted by molar-refractivity contribution is 5.78. The zero-order valence-corrected chi connectivity index (χ0v) is 16.6. The SMILES string of the molecule is CC(=O)O[C@@H]([C@H](OC(C)=O)[C@H](O)C(=O)OCc1ccccc1)[C@H](C=NO)OC(C)=O. The van der Waals surface area contributed by atoms with Crippen molar-refractivity contribution in [2.75, 3.05) is 0 Å². The van der Waals surface area contributed by atoms with Crippen LogP contribution in [0.4, 0.5) is 0 Å². The summed E-state index contributed by atoms with van der Waals surface area (Å²) in [6.07, 6.45) is -6.58. The molecule has 0 saturated heterocycles. The molecular formula is C19H23NO10. The van der Waals surface area contributed by atoms with Crippen molar-refractivity contribution < 1.29 is 48.4 Å². The normalized spacial score (nSPS) is 14.8. The first-order valence-electron chi connectivity index (χ1n) is 8.73. The predicted molar refractivity (Wildman–Crippen MR) is 99.2 cm³/mol. The molecule has 11 nitrogen and oxygen atoms in total. The molecule has 30 heavy (non-hydrogen) atoms. The second-order valence-electron chi connectivity index (χ2n) is 6.02. The minimum atomic E-state index is -2.12. The van der Waals surface area contributed by atoms with E-state index < -0.39 is 48.3 Å². The third kappa shape index (κ3) is 8.27. The standard InChI is InChI=1S/C19H23NO10/c1-11(21)28-15(9-20-26)17(29-12(2)22)18(30-13(3)23)16(24)19(25)27-10-14-7-5-4-6-8-14/h4-9,15-18,24,26H,10H2,1-3H3/t15-,16-,17+,18+/m0/s1. The van der Waals surface area contributed by atoms with Crippen LogP contribution >= 0.6 is 0 Å². The van der Waals surface area contributed by atoms with Gasteiger partial charge in [0, 0.05) is 20.8 Å². The van der Waals surface area contributed by atoms with Gasteiger partial charge in [-0.3, -0.25) is 14.4 Å². The van der Waals surface area contributed by atoms with Crippen LogP contribution in [0.2, 0.25) is 0 Å². The molecule has 0 bridgehead atoms. The van der Waals surface area contributed by atoms with Gasteiger partial charge in [-0.05, 0) is 5.56 Å². The van der Waals surface area contributed by atoms with Crippen LogP contribution in [0.5, 0.6) is 0 Å². The number of oxime groups is 1. The number of nitrogens with zero attached hydrogens (tertiary/aromatic N) is 1. The van der Waals surface area contributed by atoms with Crippen molar-refractivity contribution in [2.45, 2.75) is 51.8 Å². The molecule has 11 heteroatoms. The monoisotopic (exact) mass is 425 g/mol. The van der Waals surface area contributed by atoms with E-state index in [-0.39, 0.29) is 6.61 Å². The summed E-state index contributed by atoms with van der Waals surface area (Å²) in [4.78, 5) is 46.8. The van der Waals surface area contributed by atoms with Crippen LogP contribution < -0.4 is 0 Å². The molecular weight excluding hydrogens is 402 g/mol. The van der Waals surface area contributed by atoms with Gasteiger partial charge in [-0.2, -0.15) is 0 Å². The smallest absolute Gasteiger partial charge is 0.339 e. The highest BCUT2D eigenvalue weighted by Crippen LogP contribution is 2.18. The minimum Gasteiger partial charge on any atom is -0.459 e. The van der Waals surface area contributed by atoms with Crippen LogP contribution in [0.1, 0.15) is 26.3 Å². The number of hydrogen-bond donors (Lipinski definition) is 2. The van der Waals surface area contributed by atoms with E-state index in [0.29, 0.717) is 11.8 Å². The summed E-state index contributed by atoms with van der Waals surface area (Å²) in [6, 6.07) is 8.56. The molecule has 0 saturated carbocycles. The average molecular weight is 425 g/mol. The molecule has 0 unspecified atom stereocenters. The van der Waals surface area contributed by atoms with E-state index in [1.54, 1.807) is 30.3 Å². The number of esters is 4. The first-order valence-corrected chi connectivity index (χ1v) is 8.73. The van der Waals surface area contributed by atoms with Gasteiger partial charge in [-0.1, -0.05) is 35.5 Å². The Morgan fingerprint density at radius 3 is 1.97 bits per heavy atom. The quantitative estimate of drug-likeness (QED) is 0.176. The van der Waals surface area contributed by atoms with Crippen LogP contribution in [-0.2, 0) is 44.7 Å². The first kappa shape index (κ1) is 24.6. The Morgan fingerprint density at radius 1 is 0.933 bits per heavy atom. The van der Waals surface area contributed by atoms with E-state index in [0.717, 1.165) is 20.8 Å². The van der Waals surface area contributed by atoms with Crippen molar-refractivity contribution in [1.82, 2.24) is 0 Å². The Hall–Kier alpha value is -3.47. The van der Waals surface area contributed by atoms with Crippen molar-refractivity contribution in [1.29, 1.82) is 0 Å². The molecule has 0 radical (unpaired) electrons. The van der Waals surface area contributed by atoms with Crippen LogP contribution in [0.25, 0.3) is 0 Å². The number of carbonyl (C=O) groups is 4. The van der Waals surface area contributed by atoms with Gasteiger partial charge in [0.25, 0.3) is 0 Å². The molecule has 0 aliphatic carbocycles. The number of aliphatic hydroxyl groups is 1. The lowest BCUT2D eigenvalue weighted by Crippen LogP contribution is -2.53. The Balaban J connectivity index is 3.14. The van der Waals surface area contributed by atoms with E-state index in [1.807, 2.05) is 0 Å². The minimum absolute atomic E-state index is 0.187. The van der Waals surface area contributed by atoms with Crippen molar-refractivity contribution in [3.05, 3.63) is 35.9 Å². The topological polar surface area (TPSA) is 158 Å². The Labute approximate surface area is 172 Å². The molecule has 0 amide bonds. The number of aliphatic hydroxyl groups excluding tert-OH is 1. The van der Waals surface area contributed by atoms with Crippen molar-refractivity contribution >= 4 is 30.1 Å². The average Bonchev–Trinajstić information content (AvgIpc) is 2.68. The summed E-state index contributed by atoms with van der Waals surface area (Å²) < 4.78 is 19.9. The molecule has 0 aliphatic heterocycles. The molecule has 1 rings (SSSR count). The second kappa shape index (κ2) is 12.2. The fourth-order valence-corrected chi connectivity index (χ4v) is 2.40. The third-order valence-corrected chi connectivity index (χ3v) is 3.54.